The average Bonchev–Trinajstić information content (AvgIpc) is 3.05. The van der Waals surface area contributed by atoms with Gasteiger partial charge in [-0.15, -0.1) is 10.2 Å². The summed E-state index contributed by atoms with van der Waals surface area (Å²) in [7, 11) is 0. The van der Waals surface area contributed by atoms with Crippen molar-refractivity contribution in [2.45, 2.75) is 23.4 Å². The molecule has 27 heavy (non-hydrogen) atoms. The quantitative estimate of drug-likeness (QED) is 0.565. The molecule has 140 valence electrons. The SMILES string of the molecule is Cc1cccc(Nc2nnc(S[C@@H](C)C(=O)Nc3cc(F)ccc3F)s2)c1. The minimum Gasteiger partial charge on any atom is -0.330 e. The lowest BCUT2D eigenvalue weighted by Crippen LogP contribution is -2.23. The van der Waals surface area contributed by atoms with Gasteiger partial charge in [-0.1, -0.05) is 35.2 Å². The van der Waals surface area contributed by atoms with E-state index in [1.165, 1.54) is 23.1 Å². The largest absolute Gasteiger partial charge is 0.330 e. The molecule has 5 nitrogen and oxygen atoms in total. The van der Waals surface area contributed by atoms with Crippen molar-refractivity contribution in [3.63, 3.8) is 0 Å². The van der Waals surface area contributed by atoms with Crippen molar-refractivity contribution in [3.8, 4) is 0 Å². The van der Waals surface area contributed by atoms with Gasteiger partial charge >= 0.3 is 0 Å². The topological polar surface area (TPSA) is 66.9 Å². The fourth-order valence-electron chi connectivity index (χ4n) is 2.19. The van der Waals surface area contributed by atoms with Gasteiger partial charge in [0.1, 0.15) is 11.6 Å². The number of benzene rings is 2. The van der Waals surface area contributed by atoms with Crippen molar-refractivity contribution >= 4 is 45.5 Å². The normalized spacial score (nSPS) is 11.9. The average molecular weight is 406 g/mol. The van der Waals surface area contributed by atoms with Crippen LogP contribution >= 0.6 is 23.1 Å². The van der Waals surface area contributed by atoms with Gasteiger partial charge in [0.25, 0.3) is 0 Å². The summed E-state index contributed by atoms with van der Waals surface area (Å²) in [5.41, 5.74) is 1.83. The Bertz CT molecular complexity index is 964. The van der Waals surface area contributed by atoms with Gasteiger partial charge in [0.15, 0.2) is 4.34 Å². The molecule has 0 aliphatic heterocycles. The summed E-state index contributed by atoms with van der Waals surface area (Å²) < 4.78 is 27.4. The predicted octanol–water partition coefficient (Wildman–Crippen LogP) is 4.99. The van der Waals surface area contributed by atoms with Crippen molar-refractivity contribution in [2.24, 2.45) is 0 Å². The number of halogens is 2. The van der Waals surface area contributed by atoms with E-state index in [9.17, 15) is 13.6 Å². The molecule has 0 aliphatic rings. The summed E-state index contributed by atoms with van der Waals surface area (Å²) in [5.74, 6) is -1.77. The number of aryl methyl sites for hydroxylation is 1. The highest BCUT2D eigenvalue weighted by Gasteiger charge is 2.19. The van der Waals surface area contributed by atoms with Crippen LogP contribution in [0.4, 0.5) is 25.3 Å². The Labute approximate surface area is 163 Å². The molecule has 9 heteroatoms. The lowest BCUT2D eigenvalue weighted by Gasteiger charge is -2.11. The molecule has 2 N–H and O–H groups in total. The predicted molar refractivity (Wildman–Crippen MR) is 105 cm³/mol. The maximum Gasteiger partial charge on any atom is 0.237 e. The molecule has 0 saturated carbocycles. The van der Waals surface area contributed by atoms with E-state index in [0.29, 0.717) is 9.47 Å². The summed E-state index contributed by atoms with van der Waals surface area (Å²) in [4.78, 5) is 12.2. The van der Waals surface area contributed by atoms with Gasteiger partial charge in [0.05, 0.1) is 10.9 Å². The van der Waals surface area contributed by atoms with Gasteiger partial charge < -0.3 is 10.6 Å². The van der Waals surface area contributed by atoms with E-state index in [-0.39, 0.29) is 5.69 Å². The second kappa shape index (κ2) is 8.45. The number of nitrogens with one attached hydrogen (secondary N) is 2. The van der Waals surface area contributed by atoms with Gasteiger partial charge in [0, 0.05) is 11.8 Å². The molecule has 0 spiro atoms. The summed E-state index contributed by atoms with van der Waals surface area (Å²) in [5, 5.41) is 13.7. The molecule has 1 heterocycles. The molecule has 3 aromatic rings. The highest BCUT2D eigenvalue weighted by Crippen LogP contribution is 2.31. The van der Waals surface area contributed by atoms with Crippen molar-refractivity contribution < 1.29 is 13.6 Å². The lowest BCUT2D eigenvalue weighted by molar-refractivity contribution is -0.115. The van der Waals surface area contributed by atoms with E-state index in [4.69, 9.17) is 0 Å². The van der Waals surface area contributed by atoms with Crippen molar-refractivity contribution in [1.82, 2.24) is 10.2 Å². The van der Waals surface area contributed by atoms with E-state index >= 15 is 0 Å². The zero-order valence-electron chi connectivity index (χ0n) is 14.5. The Kier molecular flexibility index (Phi) is 6.02. The van der Waals surface area contributed by atoms with E-state index in [1.54, 1.807) is 6.92 Å². The Morgan fingerprint density at radius 3 is 2.78 bits per heavy atom. The molecule has 1 atom stereocenters. The number of hydrogen-bond donors (Lipinski definition) is 2. The Morgan fingerprint density at radius 2 is 2.00 bits per heavy atom. The highest BCUT2D eigenvalue weighted by molar-refractivity contribution is 8.02. The van der Waals surface area contributed by atoms with Crippen molar-refractivity contribution in [1.29, 1.82) is 0 Å². The summed E-state index contributed by atoms with van der Waals surface area (Å²) in [6.45, 7) is 3.65. The molecule has 0 unspecified atom stereocenters. The number of thioether (sulfide) groups is 1. The van der Waals surface area contributed by atoms with E-state index in [0.717, 1.165) is 29.4 Å². The van der Waals surface area contributed by atoms with Crippen LogP contribution in [0, 0.1) is 18.6 Å². The maximum absolute atomic E-state index is 13.6. The summed E-state index contributed by atoms with van der Waals surface area (Å²) in [6, 6.07) is 10.7. The lowest BCUT2D eigenvalue weighted by atomic mass is 10.2. The third-order valence-corrected chi connectivity index (χ3v) is 5.53. The third kappa shape index (κ3) is 5.24. The second-order valence-corrected chi connectivity index (χ2v) is 8.31. The molecule has 0 aliphatic carbocycles. The fourth-order valence-corrected chi connectivity index (χ4v) is 4.10. The van der Waals surface area contributed by atoms with Crippen LogP contribution in [0.2, 0.25) is 0 Å². The summed E-state index contributed by atoms with van der Waals surface area (Å²) in [6.07, 6.45) is 0. The number of hydrogen-bond acceptors (Lipinski definition) is 6. The smallest absolute Gasteiger partial charge is 0.237 e. The molecule has 0 saturated heterocycles. The molecule has 2 aromatic carbocycles. The molecule has 3 rings (SSSR count). The molecule has 0 radical (unpaired) electrons. The number of anilines is 3. The molecular formula is C18H16F2N4OS2. The van der Waals surface area contributed by atoms with Crippen molar-refractivity contribution in [3.05, 3.63) is 59.7 Å². The molecule has 0 bridgehead atoms. The minimum atomic E-state index is -0.692. The van der Waals surface area contributed by atoms with Crippen LogP contribution in [0.25, 0.3) is 0 Å². The first-order valence-electron chi connectivity index (χ1n) is 8.00. The first-order valence-corrected chi connectivity index (χ1v) is 9.70. The number of aromatic nitrogens is 2. The van der Waals surface area contributed by atoms with Gasteiger partial charge in [0.2, 0.25) is 11.0 Å². The summed E-state index contributed by atoms with van der Waals surface area (Å²) >= 11 is 2.50. The zero-order chi connectivity index (χ0) is 19.4. The van der Waals surface area contributed by atoms with E-state index in [2.05, 4.69) is 20.8 Å². The van der Waals surface area contributed by atoms with Crippen LogP contribution in [0.5, 0.6) is 0 Å². The standard InChI is InChI=1S/C18H16F2N4OS2/c1-10-4-3-5-13(8-10)21-17-23-24-18(27-17)26-11(2)16(25)22-15-9-12(19)6-7-14(15)20/h3-9,11H,1-2H3,(H,21,23)(H,22,25)/t11-/m0/s1. The van der Waals surface area contributed by atoms with E-state index < -0.39 is 22.8 Å². The Hall–Kier alpha value is -2.52. The Balaban J connectivity index is 1.60. The number of amides is 1. The first-order chi connectivity index (χ1) is 12.9. The van der Waals surface area contributed by atoms with Gasteiger partial charge in [-0.3, -0.25) is 4.79 Å². The maximum atomic E-state index is 13.6. The van der Waals surface area contributed by atoms with Crippen molar-refractivity contribution in [2.75, 3.05) is 10.6 Å². The van der Waals surface area contributed by atoms with Crippen LogP contribution in [0.3, 0.4) is 0 Å². The third-order valence-electron chi connectivity index (χ3n) is 3.51. The van der Waals surface area contributed by atoms with Crippen LogP contribution in [0.1, 0.15) is 12.5 Å². The number of carbonyl (C=O) groups excluding carboxylic acids is 1. The fraction of sp³-hybridized carbons (Fsp3) is 0.167. The zero-order valence-corrected chi connectivity index (χ0v) is 16.1. The molecular weight excluding hydrogens is 390 g/mol. The number of rotatable bonds is 6. The second-order valence-electron chi connectivity index (χ2n) is 5.74. The number of nitrogens with zero attached hydrogens (tertiary/aromatic N) is 2. The van der Waals surface area contributed by atoms with Crippen LogP contribution in [-0.2, 0) is 4.79 Å². The van der Waals surface area contributed by atoms with Gasteiger partial charge in [-0.25, -0.2) is 8.78 Å². The molecule has 1 amide bonds. The monoisotopic (exact) mass is 406 g/mol. The van der Waals surface area contributed by atoms with Crippen LogP contribution in [0.15, 0.2) is 46.8 Å². The highest BCUT2D eigenvalue weighted by atomic mass is 32.2. The van der Waals surface area contributed by atoms with Crippen LogP contribution in [-0.4, -0.2) is 21.4 Å². The first kappa shape index (κ1) is 19.2. The number of carbonyl (C=O) groups is 1. The molecule has 0 fully saturated rings. The minimum absolute atomic E-state index is 0.188. The van der Waals surface area contributed by atoms with Gasteiger partial charge in [-0.2, -0.15) is 0 Å². The van der Waals surface area contributed by atoms with Gasteiger partial charge in [-0.05, 0) is 43.7 Å². The Morgan fingerprint density at radius 1 is 1.19 bits per heavy atom. The van der Waals surface area contributed by atoms with Crippen LogP contribution < -0.4 is 10.6 Å². The van der Waals surface area contributed by atoms with E-state index in [1.807, 2.05) is 31.2 Å². The molecule has 1 aromatic heterocycles.